The van der Waals surface area contributed by atoms with E-state index in [9.17, 15) is 9.18 Å². The highest BCUT2D eigenvalue weighted by Gasteiger charge is 2.21. The molecule has 0 spiro atoms. The van der Waals surface area contributed by atoms with Gasteiger partial charge >= 0.3 is 0 Å². The zero-order valence-corrected chi connectivity index (χ0v) is 16.0. The van der Waals surface area contributed by atoms with Crippen LogP contribution in [0.25, 0.3) is 0 Å². The minimum atomic E-state index is -0.312. The maximum atomic E-state index is 13.2. The Kier molecular flexibility index (Phi) is 5.81. The van der Waals surface area contributed by atoms with E-state index in [4.69, 9.17) is 0 Å². The topological polar surface area (TPSA) is 57.3 Å². The number of nitrogens with one attached hydrogen (secondary N) is 2. The van der Waals surface area contributed by atoms with Crippen LogP contribution in [0.5, 0.6) is 0 Å². The first-order chi connectivity index (χ1) is 14.2. The molecule has 2 N–H and O–H groups in total. The van der Waals surface area contributed by atoms with Crippen LogP contribution in [0.2, 0.25) is 0 Å². The van der Waals surface area contributed by atoms with Crippen LogP contribution in [-0.4, -0.2) is 30.5 Å². The molecule has 0 bridgehead atoms. The summed E-state index contributed by atoms with van der Waals surface area (Å²) in [6, 6.07) is 20.5. The Morgan fingerprint density at radius 3 is 2.76 bits per heavy atom. The summed E-state index contributed by atoms with van der Waals surface area (Å²) in [5.41, 5.74) is 2.46. The number of piperazine rings is 1. The number of anilines is 1. The van der Waals surface area contributed by atoms with E-state index >= 15 is 0 Å². The van der Waals surface area contributed by atoms with Gasteiger partial charge in [-0.15, -0.1) is 0 Å². The van der Waals surface area contributed by atoms with E-state index in [1.165, 1.54) is 17.7 Å². The van der Waals surface area contributed by atoms with Gasteiger partial charge in [-0.25, -0.2) is 9.37 Å². The van der Waals surface area contributed by atoms with E-state index in [2.05, 4.69) is 32.7 Å². The van der Waals surface area contributed by atoms with Gasteiger partial charge in [0.05, 0.1) is 5.56 Å². The Labute approximate surface area is 169 Å². The molecule has 1 aliphatic rings. The molecule has 148 valence electrons. The normalized spacial score (nSPS) is 16.4. The number of carbonyl (C=O) groups is 1. The molecule has 5 nitrogen and oxygen atoms in total. The van der Waals surface area contributed by atoms with Gasteiger partial charge < -0.3 is 15.5 Å². The van der Waals surface area contributed by atoms with Crippen molar-refractivity contribution in [3.05, 3.63) is 95.4 Å². The van der Waals surface area contributed by atoms with Crippen LogP contribution in [0.1, 0.15) is 27.5 Å². The van der Waals surface area contributed by atoms with Gasteiger partial charge in [-0.1, -0.05) is 42.5 Å². The van der Waals surface area contributed by atoms with Crippen molar-refractivity contribution >= 4 is 11.7 Å². The van der Waals surface area contributed by atoms with Gasteiger partial charge in [0, 0.05) is 38.4 Å². The molecular weight excluding hydrogens is 367 g/mol. The van der Waals surface area contributed by atoms with Crippen molar-refractivity contribution < 1.29 is 9.18 Å². The highest BCUT2D eigenvalue weighted by Crippen LogP contribution is 2.21. The third kappa shape index (κ3) is 4.78. The van der Waals surface area contributed by atoms with Gasteiger partial charge in [0.2, 0.25) is 0 Å². The van der Waals surface area contributed by atoms with Gasteiger partial charge in [-0.3, -0.25) is 4.79 Å². The smallest absolute Gasteiger partial charge is 0.253 e. The van der Waals surface area contributed by atoms with Crippen molar-refractivity contribution in [2.75, 3.05) is 24.5 Å². The molecular formula is C23H23FN4O. The number of hydrogen-bond donors (Lipinski definition) is 2. The molecule has 1 aromatic heterocycles. The van der Waals surface area contributed by atoms with Crippen LogP contribution in [0.15, 0.2) is 72.9 Å². The van der Waals surface area contributed by atoms with Gasteiger partial charge in [0.25, 0.3) is 5.91 Å². The van der Waals surface area contributed by atoms with Gasteiger partial charge in [0.1, 0.15) is 11.6 Å². The van der Waals surface area contributed by atoms with Crippen molar-refractivity contribution in [2.45, 2.75) is 12.6 Å². The molecule has 0 saturated carbocycles. The lowest BCUT2D eigenvalue weighted by Crippen LogP contribution is -2.46. The second-order valence-corrected chi connectivity index (χ2v) is 7.08. The first kappa shape index (κ1) is 19.1. The predicted octanol–water partition coefficient (Wildman–Crippen LogP) is 3.30. The average molecular weight is 390 g/mol. The van der Waals surface area contributed by atoms with Gasteiger partial charge in [-0.2, -0.15) is 0 Å². The molecule has 1 amide bonds. The zero-order valence-electron chi connectivity index (χ0n) is 16.0. The summed E-state index contributed by atoms with van der Waals surface area (Å²) in [5.74, 6) is 0.317. The summed E-state index contributed by atoms with van der Waals surface area (Å²) in [5, 5.41) is 6.34. The summed E-state index contributed by atoms with van der Waals surface area (Å²) in [4.78, 5) is 19.1. The highest BCUT2D eigenvalue weighted by molar-refractivity contribution is 5.94. The minimum Gasteiger partial charge on any atom is -0.353 e. The quantitative estimate of drug-likeness (QED) is 0.702. The lowest BCUT2D eigenvalue weighted by molar-refractivity contribution is 0.0950. The van der Waals surface area contributed by atoms with E-state index in [1.54, 1.807) is 24.4 Å². The Bertz CT molecular complexity index is 962. The molecule has 6 heteroatoms. The highest BCUT2D eigenvalue weighted by atomic mass is 19.1. The SMILES string of the molecule is O=C(NCc1cccc(F)c1)c1ccc(N2CCN[C@@H](c3ccccc3)C2)nc1. The van der Waals surface area contributed by atoms with E-state index < -0.39 is 0 Å². The van der Waals surface area contributed by atoms with Crippen molar-refractivity contribution in [3.63, 3.8) is 0 Å². The Balaban J connectivity index is 1.37. The predicted molar refractivity (Wildman–Crippen MR) is 111 cm³/mol. The van der Waals surface area contributed by atoms with Crippen LogP contribution < -0.4 is 15.5 Å². The Morgan fingerprint density at radius 1 is 1.14 bits per heavy atom. The second-order valence-electron chi connectivity index (χ2n) is 7.08. The molecule has 1 atom stereocenters. The first-order valence-corrected chi connectivity index (χ1v) is 9.71. The summed E-state index contributed by atoms with van der Waals surface area (Å²) in [7, 11) is 0. The molecule has 29 heavy (non-hydrogen) atoms. The van der Waals surface area contributed by atoms with Crippen LogP contribution in [0, 0.1) is 5.82 Å². The van der Waals surface area contributed by atoms with Gasteiger partial charge in [-0.05, 0) is 35.4 Å². The monoisotopic (exact) mass is 390 g/mol. The molecule has 0 radical (unpaired) electrons. The Morgan fingerprint density at radius 2 is 2.00 bits per heavy atom. The zero-order chi connectivity index (χ0) is 20.1. The first-order valence-electron chi connectivity index (χ1n) is 9.71. The largest absolute Gasteiger partial charge is 0.353 e. The van der Waals surface area contributed by atoms with Crippen molar-refractivity contribution in [3.8, 4) is 0 Å². The number of pyridine rings is 1. The summed E-state index contributed by atoms with van der Waals surface area (Å²) >= 11 is 0. The number of nitrogens with zero attached hydrogens (tertiary/aromatic N) is 2. The third-order valence-corrected chi connectivity index (χ3v) is 5.05. The fourth-order valence-electron chi connectivity index (χ4n) is 3.51. The van der Waals surface area contributed by atoms with E-state index in [0.29, 0.717) is 5.56 Å². The number of hydrogen-bond acceptors (Lipinski definition) is 4. The maximum absolute atomic E-state index is 13.2. The third-order valence-electron chi connectivity index (χ3n) is 5.05. The molecule has 1 saturated heterocycles. The molecule has 1 aliphatic heterocycles. The lowest BCUT2D eigenvalue weighted by Gasteiger charge is -2.34. The molecule has 4 rings (SSSR count). The van der Waals surface area contributed by atoms with Crippen LogP contribution in [0.4, 0.5) is 10.2 Å². The minimum absolute atomic E-state index is 0.226. The fraction of sp³-hybridized carbons (Fsp3) is 0.217. The Hall–Kier alpha value is -3.25. The lowest BCUT2D eigenvalue weighted by atomic mass is 10.0. The molecule has 0 aliphatic carbocycles. The number of amides is 1. The summed E-state index contributed by atoms with van der Waals surface area (Å²) in [6.45, 7) is 2.83. The number of carbonyl (C=O) groups excluding carboxylic acids is 1. The van der Waals surface area contributed by atoms with Crippen molar-refractivity contribution in [1.29, 1.82) is 0 Å². The van der Waals surface area contributed by atoms with E-state index in [0.717, 1.165) is 31.0 Å². The van der Waals surface area contributed by atoms with Crippen molar-refractivity contribution in [1.82, 2.24) is 15.6 Å². The van der Waals surface area contributed by atoms with Gasteiger partial charge in [0.15, 0.2) is 0 Å². The van der Waals surface area contributed by atoms with E-state index in [1.807, 2.05) is 24.3 Å². The standard InChI is InChI=1S/C23H23FN4O/c24-20-8-4-5-17(13-20)14-27-23(29)19-9-10-22(26-15-19)28-12-11-25-21(16-28)18-6-2-1-3-7-18/h1-10,13,15,21,25H,11-12,14,16H2,(H,27,29)/t21-/m1/s1. The molecule has 0 unspecified atom stereocenters. The number of halogens is 1. The average Bonchev–Trinajstić information content (AvgIpc) is 2.78. The summed E-state index contributed by atoms with van der Waals surface area (Å²) < 4.78 is 13.2. The van der Waals surface area contributed by atoms with Crippen LogP contribution >= 0.6 is 0 Å². The molecule has 1 fully saturated rings. The van der Waals surface area contributed by atoms with Crippen LogP contribution in [-0.2, 0) is 6.54 Å². The van der Waals surface area contributed by atoms with Crippen LogP contribution in [0.3, 0.4) is 0 Å². The second kappa shape index (κ2) is 8.84. The van der Waals surface area contributed by atoms with E-state index in [-0.39, 0.29) is 24.3 Å². The number of benzene rings is 2. The van der Waals surface area contributed by atoms with Crippen molar-refractivity contribution in [2.24, 2.45) is 0 Å². The fourth-order valence-corrected chi connectivity index (χ4v) is 3.51. The maximum Gasteiger partial charge on any atom is 0.253 e. The summed E-state index contributed by atoms with van der Waals surface area (Å²) in [6.07, 6.45) is 1.59. The number of rotatable bonds is 5. The molecule has 2 aromatic carbocycles. The number of aromatic nitrogens is 1. The molecule has 2 heterocycles. The molecule has 3 aromatic rings.